The van der Waals surface area contributed by atoms with Gasteiger partial charge < -0.3 is 0 Å². The van der Waals surface area contributed by atoms with Crippen molar-refractivity contribution in [1.82, 2.24) is 0 Å². The number of hydrogen-bond acceptors (Lipinski definition) is 1. The zero-order valence-electron chi connectivity index (χ0n) is 5.49. The second-order valence-corrected chi connectivity index (χ2v) is 2.30. The summed E-state index contributed by atoms with van der Waals surface area (Å²) in [6, 6.07) is 1.74. The lowest BCUT2D eigenvalue weighted by Gasteiger charge is -2.09. The molecule has 52 valence electrons. The Bertz CT molecular complexity index is 120. The standard InChI is InChI=1S/C6H9F2N/c1-5(4-9)3-6(2,7)8/h5H,3H2,1-2H3. The molecule has 0 aliphatic heterocycles. The highest BCUT2D eigenvalue weighted by Gasteiger charge is 2.23. The van der Waals surface area contributed by atoms with Crippen molar-refractivity contribution in [2.45, 2.75) is 26.2 Å². The summed E-state index contributed by atoms with van der Waals surface area (Å²) in [5, 5.41) is 8.11. The first-order valence-electron chi connectivity index (χ1n) is 2.73. The van der Waals surface area contributed by atoms with Gasteiger partial charge in [-0.15, -0.1) is 0 Å². The molecule has 0 rings (SSSR count). The predicted octanol–water partition coefficient (Wildman–Crippen LogP) is 2.19. The number of nitriles is 1. The average Bonchev–Trinajstić information content (AvgIpc) is 1.62. The van der Waals surface area contributed by atoms with E-state index in [4.69, 9.17) is 5.26 Å². The van der Waals surface area contributed by atoms with Gasteiger partial charge in [0, 0.05) is 12.3 Å². The van der Waals surface area contributed by atoms with Gasteiger partial charge in [0.25, 0.3) is 0 Å². The van der Waals surface area contributed by atoms with Crippen molar-refractivity contribution in [2.75, 3.05) is 0 Å². The van der Waals surface area contributed by atoms with Crippen LogP contribution in [0.3, 0.4) is 0 Å². The van der Waals surface area contributed by atoms with Gasteiger partial charge in [-0.25, -0.2) is 8.78 Å². The fourth-order valence-electron chi connectivity index (χ4n) is 0.583. The normalized spacial score (nSPS) is 14.6. The Morgan fingerprint density at radius 2 is 2.11 bits per heavy atom. The minimum atomic E-state index is -2.70. The first-order chi connectivity index (χ1) is 3.95. The van der Waals surface area contributed by atoms with Crippen molar-refractivity contribution in [3.8, 4) is 6.07 Å². The van der Waals surface area contributed by atoms with Gasteiger partial charge in [-0.1, -0.05) is 0 Å². The van der Waals surface area contributed by atoms with Crippen molar-refractivity contribution in [1.29, 1.82) is 5.26 Å². The Balaban J connectivity index is 3.63. The summed E-state index contributed by atoms with van der Waals surface area (Å²) in [7, 11) is 0. The van der Waals surface area contributed by atoms with Gasteiger partial charge in [-0.3, -0.25) is 0 Å². The van der Waals surface area contributed by atoms with E-state index in [-0.39, 0.29) is 6.42 Å². The summed E-state index contributed by atoms with van der Waals surface area (Å²) in [5.74, 6) is -3.25. The van der Waals surface area contributed by atoms with E-state index >= 15 is 0 Å². The third-order valence-electron chi connectivity index (χ3n) is 0.885. The molecule has 0 amide bonds. The molecule has 3 heteroatoms. The summed E-state index contributed by atoms with van der Waals surface area (Å²) in [6.45, 7) is 2.30. The summed E-state index contributed by atoms with van der Waals surface area (Å²) in [6.07, 6.45) is -0.344. The molecule has 0 aromatic heterocycles. The largest absolute Gasteiger partial charge is 0.246 e. The number of nitrogens with zero attached hydrogens (tertiary/aromatic N) is 1. The number of hydrogen-bond donors (Lipinski definition) is 0. The monoisotopic (exact) mass is 133 g/mol. The lowest BCUT2D eigenvalue weighted by atomic mass is 10.1. The maximum absolute atomic E-state index is 12.0. The van der Waals surface area contributed by atoms with Crippen molar-refractivity contribution >= 4 is 0 Å². The fraction of sp³-hybridized carbons (Fsp3) is 0.833. The van der Waals surface area contributed by atoms with Crippen LogP contribution in [0.1, 0.15) is 20.3 Å². The van der Waals surface area contributed by atoms with E-state index in [9.17, 15) is 8.78 Å². The molecule has 0 N–H and O–H groups in total. The Morgan fingerprint density at radius 1 is 1.67 bits per heavy atom. The minimum absolute atomic E-state index is 0.344. The first kappa shape index (κ1) is 8.35. The summed E-state index contributed by atoms with van der Waals surface area (Å²) < 4.78 is 24.0. The van der Waals surface area contributed by atoms with Crippen molar-refractivity contribution < 1.29 is 8.78 Å². The topological polar surface area (TPSA) is 23.8 Å². The molecule has 1 atom stereocenters. The van der Waals surface area contributed by atoms with E-state index in [1.807, 2.05) is 0 Å². The third kappa shape index (κ3) is 5.22. The zero-order valence-corrected chi connectivity index (χ0v) is 5.49. The van der Waals surface area contributed by atoms with Crippen LogP contribution in [0.4, 0.5) is 8.78 Å². The van der Waals surface area contributed by atoms with E-state index < -0.39 is 11.8 Å². The van der Waals surface area contributed by atoms with Crippen LogP contribution >= 0.6 is 0 Å². The number of halogens is 2. The average molecular weight is 133 g/mol. The van der Waals surface area contributed by atoms with Gasteiger partial charge in [-0.05, 0) is 13.8 Å². The van der Waals surface area contributed by atoms with Crippen molar-refractivity contribution in [3.05, 3.63) is 0 Å². The molecule has 0 aliphatic carbocycles. The molecule has 0 bridgehead atoms. The van der Waals surface area contributed by atoms with Crippen LogP contribution in [0.5, 0.6) is 0 Å². The van der Waals surface area contributed by atoms with Crippen LogP contribution in [0.15, 0.2) is 0 Å². The van der Waals surface area contributed by atoms with E-state index in [0.717, 1.165) is 6.92 Å². The Morgan fingerprint density at radius 3 is 2.22 bits per heavy atom. The molecule has 0 aliphatic rings. The Hall–Kier alpha value is -0.650. The smallest absolute Gasteiger partial charge is 0.207 e. The molecule has 0 saturated carbocycles. The van der Waals surface area contributed by atoms with Crippen molar-refractivity contribution in [3.63, 3.8) is 0 Å². The highest BCUT2D eigenvalue weighted by Crippen LogP contribution is 2.21. The summed E-state index contributed by atoms with van der Waals surface area (Å²) in [5.41, 5.74) is 0. The zero-order chi connectivity index (χ0) is 7.49. The highest BCUT2D eigenvalue weighted by atomic mass is 19.3. The second-order valence-electron chi connectivity index (χ2n) is 2.30. The molecule has 1 unspecified atom stereocenters. The lowest BCUT2D eigenvalue weighted by Crippen LogP contribution is -2.13. The van der Waals surface area contributed by atoms with Gasteiger partial charge >= 0.3 is 0 Å². The number of rotatable bonds is 2. The van der Waals surface area contributed by atoms with Gasteiger partial charge in [0.2, 0.25) is 5.92 Å². The minimum Gasteiger partial charge on any atom is -0.207 e. The quantitative estimate of drug-likeness (QED) is 0.566. The van der Waals surface area contributed by atoms with E-state index in [1.165, 1.54) is 6.92 Å². The van der Waals surface area contributed by atoms with Gasteiger partial charge in [-0.2, -0.15) is 5.26 Å². The second kappa shape index (κ2) is 2.77. The van der Waals surface area contributed by atoms with Crippen LogP contribution in [0, 0.1) is 17.2 Å². The van der Waals surface area contributed by atoms with Crippen LogP contribution in [0.2, 0.25) is 0 Å². The molecule has 0 aromatic carbocycles. The number of alkyl halides is 2. The molecule has 0 saturated heterocycles. The third-order valence-corrected chi connectivity index (χ3v) is 0.885. The molecule has 0 heterocycles. The molecular formula is C6H9F2N. The van der Waals surface area contributed by atoms with Crippen LogP contribution in [-0.2, 0) is 0 Å². The van der Waals surface area contributed by atoms with Gasteiger partial charge in [0.05, 0.1) is 6.07 Å². The molecule has 0 aromatic rings. The van der Waals surface area contributed by atoms with E-state index in [2.05, 4.69) is 0 Å². The van der Waals surface area contributed by atoms with Crippen LogP contribution < -0.4 is 0 Å². The summed E-state index contributed by atoms with van der Waals surface area (Å²) in [4.78, 5) is 0. The van der Waals surface area contributed by atoms with Crippen LogP contribution in [0.25, 0.3) is 0 Å². The Kier molecular flexibility index (Phi) is 2.57. The lowest BCUT2D eigenvalue weighted by molar-refractivity contribution is 0.00476. The molecule has 9 heavy (non-hydrogen) atoms. The van der Waals surface area contributed by atoms with Crippen molar-refractivity contribution in [2.24, 2.45) is 5.92 Å². The molecule has 0 fully saturated rings. The SMILES string of the molecule is CC(C#N)CC(C)(F)F. The fourth-order valence-corrected chi connectivity index (χ4v) is 0.583. The predicted molar refractivity (Wildman–Crippen MR) is 30.0 cm³/mol. The highest BCUT2D eigenvalue weighted by molar-refractivity contribution is 4.81. The molecular weight excluding hydrogens is 124 g/mol. The van der Waals surface area contributed by atoms with Gasteiger partial charge in [0.15, 0.2) is 0 Å². The van der Waals surface area contributed by atoms with E-state index in [0.29, 0.717) is 0 Å². The maximum atomic E-state index is 12.0. The van der Waals surface area contributed by atoms with Gasteiger partial charge in [0.1, 0.15) is 0 Å². The van der Waals surface area contributed by atoms with Crippen LogP contribution in [-0.4, -0.2) is 5.92 Å². The molecule has 1 nitrogen and oxygen atoms in total. The maximum Gasteiger partial charge on any atom is 0.246 e. The molecule has 0 radical (unpaired) electrons. The Labute approximate surface area is 53.3 Å². The summed E-state index contributed by atoms with van der Waals surface area (Å²) >= 11 is 0. The molecule has 0 spiro atoms. The van der Waals surface area contributed by atoms with E-state index in [1.54, 1.807) is 6.07 Å². The first-order valence-corrected chi connectivity index (χ1v) is 2.73.